The Kier molecular flexibility index (Phi) is 6.22. The number of aromatic nitrogens is 3. The quantitative estimate of drug-likeness (QED) is 0.378. The van der Waals surface area contributed by atoms with E-state index < -0.39 is 0 Å². The van der Waals surface area contributed by atoms with Gasteiger partial charge < -0.3 is 15.1 Å². The third-order valence-electron chi connectivity index (χ3n) is 6.01. The number of rotatable bonds is 4. The van der Waals surface area contributed by atoms with E-state index in [0.29, 0.717) is 10.7 Å². The average Bonchev–Trinajstić information content (AvgIpc) is 3.17. The molecule has 5 rings (SSSR count). The summed E-state index contributed by atoms with van der Waals surface area (Å²) in [7, 11) is 0. The van der Waals surface area contributed by atoms with Crippen LogP contribution in [-0.4, -0.2) is 47.0 Å². The van der Waals surface area contributed by atoms with Crippen LogP contribution < -0.4 is 15.1 Å². The summed E-state index contributed by atoms with van der Waals surface area (Å²) in [4.78, 5) is 33.3. The summed E-state index contributed by atoms with van der Waals surface area (Å²) in [5.41, 5.74) is 2.80. The molecule has 0 saturated carbocycles. The molecule has 34 heavy (non-hydrogen) atoms. The van der Waals surface area contributed by atoms with E-state index in [0.717, 1.165) is 69.3 Å². The van der Waals surface area contributed by atoms with Crippen molar-refractivity contribution in [1.29, 1.82) is 0 Å². The van der Waals surface area contributed by atoms with Gasteiger partial charge in [0.1, 0.15) is 22.3 Å². The molecule has 4 heterocycles. The van der Waals surface area contributed by atoms with Crippen molar-refractivity contribution in [3.63, 3.8) is 0 Å². The molecule has 0 atom stereocenters. The average molecular weight is 537 g/mol. The van der Waals surface area contributed by atoms with Crippen LogP contribution in [0, 0.1) is 20.8 Å². The SMILES string of the molecule is Cc1ccc(NC(=O)c2sc3nc(C)nc(N4CCN(c5ccccn5)CC4)c3c2C)c(Br)c1. The van der Waals surface area contributed by atoms with E-state index in [1.54, 1.807) is 0 Å². The van der Waals surface area contributed by atoms with E-state index in [2.05, 4.69) is 41.0 Å². The molecule has 1 saturated heterocycles. The Labute approximate surface area is 211 Å². The van der Waals surface area contributed by atoms with Crippen LogP contribution in [0.3, 0.4) is 0 Å². The lowest BCUT2D eigenvalue weighted by molar-refractivity contribution is 0.103. The Morgan fingerprint density at radius 2 is 1.79 bits per heavy atom. The molecule has 1 aliphatic heterocycles. The van der Waals surface area contributed by atoms with Crippen molar-refractivity contribution in [2.75, 3.05) is 41.3 Å². The van der Waals surface area contributed by atoms with Crippen LogP contribution in [0.5, 0.6) is 0 Å². The number of amides is 1. The van der Waals surface area contributed by atoms with Gasteiger partial charge in [-0.1, -0.05) is 12.1 Å². The maximum atomic E-state index is 13.2. The second-order valence-corrected chi connectivity index (χ2v) is 10.3. The van der Waals surface area contributed by atoms with E-state index in [1.165, 1.54) is 11.3 Å². The van der Waals surface area contributed by atoms with Gasteiger partial charge in [0, 0.05) is 36.8 Å². The van der Waals surface area contributed by atoms with Crippen LogP contribution >= 0.6 is 27.3 Å². The number of halogens is 1. The minimum atomic E-state index is -0.131. The highest BCUT2D eigenvalue weighted by Gasteiger charge is 2.26. The predicted octanol–water partition coefficient (Wildman–Crippen LogP) is 5.35. The van der Waals surface area contributed by atoms with Gasteiger partial charge in [-0.05, 0) is 72.1 Å². The lowest BCUT2D eigenvalue weighted by atomic mass is 10.1. The fourth-order valence-electron chi connectivity index (χ4n) is 4.26. The van der Waals surface area contributed by atoms with E-state index in [-0.39, 0.29) is 5.91 Å². The third kappa shape index (κ3) is 4.37. The Hall–Kier alpha value is -3.04. The van der Waals surface area contributed by atoms with Crippen molar-refractivity contribution in [2.24, 2.45) is 0 Å². The van der Waals surface area contributed by atoms with Crippen LogP contribution in [-0.2, 0) is 0 Å². The topological polar surface area (TPSA) is 74.2 Å². The molecule has 0 spiro atoms. The zero-order valence-electron chi connectivity index (χ0n) is 19.3. The molecule has 1 amide bonds. The van der Waals surface area contributed by atoms with Crippen LogP contribution in [0.25, 0.3) is 10.2 Å². The number of nitrogens with one attached hydrogen (secondary N) is 1. The molecule has 0 unspecified atom stereocenters. The first-order valence-corrected chi connectivity index (χ1v) is 12.8. The number of pyridine rings is 1. The molecule has 0 radical (unpaired) electrons. The van der Waals surface area contributed by atoms with E-state index in [9.17, 15) is 4.79 Å². The van der Waals surface area contributed by atoms with Gasteiger partial charge in [0.2, 0.25) is 0 Å². The summed E-state index contributed by atoms with van der Waals surface area (Å²) < 4.78 is 0.863. The van der Waals surface area contributed by atoms with Crippen LogP contribution in [0.15, 0.2) is 47.1 Å². The van der Waals surface area contributed by atoms with E-state index in [4.69, 9.17) is 4.98 Å². The van der Waals surface area contributed by atoms with Gasteiger partial charge in [-0.2, -0.15) is 0 Å². The van der Waals surface area contributed by atoms with Crippen molar-refractivity contribution in [2.45, 2.75) is 20.8 Å². The molecule has 1 N–H and O–H groups in total. The fraction of sp³-hybridized carbons (Fsp3) is 0.280. The zero-order chi connectivity index (χ0) is 23.8. The maximum Gasteiger partial charge on any atom is 0.266 e. The molecule has 4 aromatic rings. The largest absolute Gasteiger partial charge is 0.353 e. The van der Waals surface area contributed by atoms with Gasteiger partial charge in [-0.25, -0.2) is 15.0 Å². The molecule has 1 fully saturated rings. The monoisotopic (exact) mass is 536 g/mol. The molecule has 9 heteroatoms. The van der Waals surface area contributed by atoms with Gasteiger partial charge in [0.15, 0.2) is 0 Å². The summed E-state index contributed by atoms with van der Waals surface area (Å²) in [6.07, 6.45) is 1.83. The third-order valence-corrected chi connectivity index (χ3v) is 7.85. The molecule has 0 aliphatic carbocycles. The number of piperazine rings is 1. The van der Waals surface area contributed by atoms with Gasteiger partial charge in [0.05, 0.1) is 16.0 Å². The van der Waals surface area contributed by atoms with Crippen molar-refractivity contribution in [3.05, 3.63) is 68.9 Å². The van der Waals surface area contributed by atoms with Gasteiger partial charge in [-0.3, -0.25) is 4.79 Å². The number of nitrogens with zero attached hydrogens (tertiary/aromatic N) is 5. The number of benzene rings is 1. The Balaban J connectivity index is 1.43. The molecular formula is C25H25BrN6OS. The summed E-state index contributed by atoms with van der Waals surface area (Å²) in [6, 6.07) is 11.9. The molecule has 1 aliphatic rings. The minimum Gasteiger partial charge on any atom is -0.353 e. The Morgan fingerprint density at radius 1 is 1.03 bits per heavy atom. The van der Waals surface area contributed by atoms with E-state index in [1.807, 2.05) is 63.4 Å². The first kappa shape index (κ1) is 22.7. The zero-order valence-corrected chi connectivity index (χ0v) is 21.7. The van der Waals surface area contributed by atoms with Gasteiger partial charge in [-0.15, -0.1) is 11.3 Å². The number of anilines is 3. The van der Waals surface area contributed by atoms with Crippen molar-refractivity contribution in [3.8, 4) is 0 Å². The van der Waals surface area contributed by atoms with Crippen LogP contribution in [0.2, 0.25) is 0 Å². The van der Waals surface area contributed by atoms with Gasteiger partial charge >= 0.3 is 0 Å². The standard InChI is InChI=1S/C25H25BrN6OS/c1-15-7-8-19(18(26)14-15)30-24(33)22-16(2)21-23(28-17(3)29-25(21)34-22)32-12-10-31(11-13-32)20-6-4-5-9-27-20/h4-9,14H,10-13H2,1-3H3,(H,30,33). The normalized spacial score (nSPS) is 14.0. The second-order valence-electron chi connectivity index (χ2n) is 8.43. The second kappa shape index (κ2) is 9.31. The summed E-state index contributed by atoms with van der Waals surface area (Å²) in [5.74, 6) is 2.49. The predicted molar refractivity (Wildman–Crippen MR) is 142 cm³/mol. The summed E-state index contributed by atoms with van der Waals surface area (Å²) >= 11 is 4.97. The highest BCUT2D eigenvalue weighted by atomic mass is 79.9. The lowest BCUT2D eigenvalue weighted by Gasteiger charge is -2.36. The Bertz CT molecular complexity index is 1370. The molecule has 7 nitrogen and oxygen atoms in total. The number of hydrogen-bond acceptors (Lipinski definition) is 7. The molecule has 1 aromatic carbocycles. The van der Waals surface area contributed by atoms with Crippen LogP contribution in [0.1, 0.15) is 26.6 Å². The molecule has 0 bridgehead atoms. The summed E-state index contributed by atoms with van der Waals surface area (Å²) in [6.45, 7) is 9.30. The first-order valence-electron chi connectivity index (χ1n) is 11.2. The number of fused-ring (bicyclic) bond motifs is 1. The highest BCUT2D eigenvalue weighted by molar-refractivity contribution is 9.10. The number of aryl methyl sites for hydroxylation is 3. The van der Waals surface area contributed by atoms with Crippen LogP contribution in [0.4, 0.5) is 17.3 Å². The first-order chi connectivity index (χ1) is 16.4. The molecule has 174 valence electrons. The highest BCUT2D eigenvalue weighted by Crippen LogP contribution is 2.37. The van der Waals surface area contributed by atoms with Crippen molar-refractivity contribution in [1.82, 2.24) is 15.0 Å². The lowest BCUT2D eigenvalue weighted by Crippen LogP contribution is -2.47. The maximum absolute atomic E-state index is 13.2. The summed E-state index contributed by atoms with van der Waals surface area (Å²) in [5, 5.41) is 4.01. The van der Waals surface area contributed by atoms with Gasteiger partial charge in [0.25, 0.3) is 5.91 Å². The van der Waals surface area contributed by atoms with Crippen molar-refractivity contribution >= 4 is 60.7 Å². The minimum absolute atomic E-state index is 0.131. The fourth-order valence-corrected chi connectivity index (χ4v) is 5.96. The number of hydrogen-bond donors (Lipinski definition) is 1. The molecular weight excluding hydrogens is 512 g/mol. The smallest absolute Gasteiger partial charge is 0.266 e. The van der Waals surface area contributed by atoms with Crippen molar-refractivity contribution < 1.29 is 4.79 Å². The molecule has 3 aromatic heterocycles. The van der Waals surface area contributed by atoms with E-state index >= 15 is 0 Å². The Morgan fingerprint density at radius 3 is 2.50 bits per heavy atom. The number of thiophene rings is 1. The number of carbonyl (C=O) groups excluding carboxylic acids is 1. The number of carbonyl (C=O) groups is 1.